The highest BCUT2D eigenvalue weighted by atomic mass is 16.5. The summed E-state index contributed by atoms with van der Waals surface area (Å²) in [6, 6.07) is 0. The molecule has 0 fully saturated rings. The number of methoxy groups -OCH3 is 1. The summed E-state index contributed by atoms with van der Waals surface area (Å²) >= 11 is 0. The van der Waals surface area contributed by atoms with Gasteiger partial charge in [-0.05, 0) is 47.7 Å². The topological polar surface area (TPSA) is 48.9 Å². The van der Waals surface area contributed by atoms with Gasteiger partial charge in [-0.25, -0.2) is 0 Å². The first-order chi connectivity index (χ1) is 8.89. The van der Waals surface area contributed by atoms with E-state index in [0.717, 1.165) is 45.2 Å². The molecule has 0 saturated heterocycles. The van der Waals surface area contributed by atoms with Crippen LogP contribution in [0, 0.1) is 0 Å². The van der Waals surface area contributed by atoms with E-state index in [-0.39, 0.29) is 5.54 Å². The Morgan fingerprint density at radius 2 is 1.95 bits per heavy atom. The Labute approximate surface area is 118 Å². The molecular weight excluding hydrogens is 240 g/mol. The zero-order chi connectivity index (χ0) is 14.7. The SMILES string of the molecule is CCNC(=NCCCN(C)CCOC)NC(C)(C)C. The molecule has 0 unspecified atom stereocenters. The number of nitrogens with one attached hydrogen (secondary N) is 2. The minimum absolute atomic E-state index is 0.0380. The average Bonchev–Trinajstić information content (AvgIpc) is 2.30. The molecule has 0 aliphatic rings. The molecule has 2 N–H and O–H groups in total. The van der Waals surface area contributed by atoms with Crippen LogP contribution in [0.2, 0.25) is 0 Å². The van der Waals surface area contributed by atoms with Crippen LogP contribution in [-0.2, 0) is 4.74 Å². The normalized spacial score (nSPS) is 12.9. The fourth-order valence-electron chi connectivity index (χ4n) is 1.55. The maximum absolute atomic E-state index is 5.05. The summed E-state index contributed by atoms with van der Waals surface area (Å²) < 4.78 is 5.05. The lowest BCUT2D eigenvalue weighted by molar-refractivity contribution is 0.161. The standard InChI is InChI=1S/C14H32N4O/c1-7-15-13(17-14(2,3)4)16-9-8-10-18(5)11-12-19-6/h7-12H2,1-6H3,(H2,15,16,17). The maximum Gasteiger partial charge on any atom is 0.191 e. The zero-order valence-corrected chi connectivity index (χ0v) is 13.5. The summed E-state index contributed by atoms with van der Waals surface area (Å²) in [6.45, 7) is 13.0. The first kappa shape index (κ1) is 18.2. The van der Waals surface area contributed by atoms with E-state index < -0.39 is 0 Å². The van der Waals surface area contributed by atoms with E-state index in [9.17, 15) is 0 Å². The summed E-state index contributed by atoms with van der Waals surface area (Å²) in [7, 11) is 3.85. The van der Waals surface area contributed by atoms with Crippen molar-refractivity contribution in [3.05, 3.63) is 0 Å². The van der Waals surface area contributed by atoms with E-state index in [2.05, 4.69) is 55.3 Å². The van der Waals surface area contributed by atoms with Crippen molar-refractivity contribution in [2.45, 2.75) is 39.7 Å². The summed E-state index contributed by atoms with van der Waals surface area (Å²) in [5, 5.41) is 6.65. The van der Waals surface area contributed by atoms with Gasteiger partial charge >= 0.3 is 0 Å². The Bertz CT molecular complexity index is 248. The van der Waals surface area contributed by atoms with Crippen LogP contribution in [0.5, 0.6) is 0 Å². The van der Waals surface area contributed by atoms with Crippen molar-refractivity contribution in [1.82, 2.24) is 15.5 Å². The van der Waals surface area contributed by atoms with Crippen molar-refractivity contribution in [1.29, 1.82) is 0 Å². The minimum Gasteiger partial charge on any atom is -0.383 e. The molecule has 114 valence electrons. The molecule has 0 aromatic heterocycles. The van der Waals surface area contributed by atoms with E-state index >= 15 is 0 Å². The van der Waals surface area contributed by atoms with Crippen LogP contribution >= 0.6 is 0 Å². The number of aliphatic imine (C=N–C) groups is 1. The predicted octanol–water partition coefficient (Wildman–Crippen LogP) is 1.31. The van der Waals surface area contributed by atoms with Gasteiger partial charge in [0.2, 0.25) is 0 Å². The molecule has 0 saturated carbocycles. The predicted molar refractivity (Wildman–Crippen MR) is 82.9 cm³/mol. The van der Waals surface area contributed by atoms with Crippen LogP contribution < -0.4 is 10.6 Å². The van der Waals surface area contributed by atoms with E-state index in [0.29, 0.717) is 0 Å². The number of ether oxygens (including phenoxy) is 1. The van der Waals surface area contributed by atoms with Crippen LogP contribution in [0.1, 0.15) is 34.1 Å². The van der Waals surface area contributed by atoms with Gasteiger partial charge in [0, 0.05) is 32.3 Å². The second kappa shape index (κ2) is 10.0. The molecule has 0 aliphatic heterocycles. The molecule has 0 spiro atoms. The number of likely N-dealkylation sites (N-methyl/N-ethyl adjacent to an activating group) is 1. The second-order valence-corrected chi connectivity index (χ2v) is 5.79. The van der Waals surface area contributed by atoms with E-state index in [1.54, 1.807) is 7.11 Å². The van der Waals surface area contributed by atoms with Crippen molar-refractivity contribution in [2.24, 2.45) is 4.99 Å². The molecule has 0 radical (unpaired) electrons. The highest BCUT2D eigenvalue weighted by Gasteiger charge is 2.11. The number of hydrogen-bond donors (Lipinski definition) is 2. The van der Waals surface area contributed by atoms with Crippen molar-refractivity contribution < 1.29 is 4.74 Å². The smallest absolute Gasteiger partial charge is 0.191 e. The quantitative estimate of drug-likeness (QED) is 0.397. The Hall–Kier alpha value is -0.810. The average molecular weight is 272 g/mol. The highest BCUT2D eigenvalue weighted by Crippen LogP contribution is 1.98. The first-order valence-corrected chi connectivity index (χ1v) is 7.13. The van der Waals surface area contributed by atoms with Gasteiger partial charge < -0.3 is 20.3 Å². The van der Waals surface area contributed by atoms with Gasteiger partial charge in [0.05, 0.1) is 6.61 Å². The molecule has 0 rings (SSSR count). The van der Waals surface area contributed by atoms with Crippen molar-refractivity contribution >= 4 is 5.96 Å². The third kappa shape index (κ3) is 12.0. The molecule has 19 heavy (non-hydrogen) atoms. The number of hydrogen-bond acceptors (Lipinski definition) is 3. The molecule has 0 amide bonds. The van der Waals surface area contributed by atoms with Gasteiger partial charge in [-0.15, -0.1) is 0 Å². The second-order valence-electron chi connectivity index (χ2n) is 5.79. The zero-order valence-electron chi connectivity index (χ0n) is 13.5. The first-order valence-electron chi connectivity index (χ1n) is 7.13. The number of guanidine groups is 1. The molecule has 0 aromatic rings. The Morgan fingerprint density at radius 1 is 1.26 bits per heavy atom. The van der Waals surface area contributed by atoms with Crippen LogP contribution in [-0.4, -0.2) is 63.3 Å². The third-order valence-corrected chi connectivity index (χ3v) is 2.48. The van der Waals surface area contributed by atoms with Crippen molar-refractivity contribution in [3.8, 4) is 0 Å². The maximum atomic E-state index is 5.05. The van der Waals surface area contributed by atoms with Crippen LogP contribution in [0.4, 0.5) is 0 Å². The Balaban J connectivity index is 3.97. The highest BCUT2D eigenvalue weighted by molar-refractivity contribution is 5.80. The van der Waals surface area contributed by atoms with E-state index in [1.165, 1.54) is 0 Å². The van der Waals surface area contributed by atoms with Crippen LogP contribution in [0.3, 0.4) is 0 Å². The molecule has 0 aliphatic carbocycles. The van der Waals surface area contributed by atoms with Crippen molar-refractivity contribution in [2.75, 3.05) is 46.9 Å². The fraction of sp³-hybridized carbons (Fsp3) is 0.929. The summed E-state index contributed by atoms with van der Waals surface area (Å²) in [4.78, 5) is 6.85. The van der Waals surface area contributed by atoms with E-state index in [1.807, 2.05) is 0 Å². The van der Waals surface area contributed by atoms with Gasteiger partial charge in [-0.1, -0.05) is 0 Å². The summed E-state index contributed by atoms with van der Waals surface area (Å²) in [5.41, 5.74) is 0.0380. The van der Waals surface area contributed by atoms with Gasteiger partial charge in [0.15, 0.2) is 5.96 Å². The molecule has 0 bridgehead atoms. The minimum atomic E-state index is 0.0380. The lowest BCUT2D eigenvalue weighted by Gasteiger charge is -2.23. The van der Waals surface area contributed by atoms with Gasteiger partial charge in [0.1, 0.15) is 0 Å². The van der Waals surface area contributed by atoms with Crippen LogP contribution in [0.15, 0.2) is 4.99 Å². The molecule has 0 heterocycles. The molecular formula is C14H32N4O. The van der Waals surface area contributed by atoms with Crippen molar-refractivity contribution in [3.63, 3.8) is 0 Å². The van der Waals surface area contributed by atoms with Gasteiger partial charge in [0.25, 0.3) is 0 Å². The Kier molecular flexibility index (Phi) is 9.61. The largest absolute Gasteiger partial charge is 0.383 e. The molecule has 5 heteroatoms. The fourth-order valence-corrected chi connectivity index (χ4v) is 1.55. The summed E-state index contributed by atoms with van der Waals surface area (Å²) in [5.74, 6) is 0.898. The number of rotatable bonds is 8. The Morgan fingerprint density at radius 3 is 2.47 bits per heavy atom. The molecule has 5 nitrogen and oxygen atoms in total. The lowest BCUT2D eigenvalue weighted by atomic mass is 10.1. The molecule has 0 atom stereocenters. The van der Waals surface area contributed by atoms with Gasteiger partial charge in [-0.3, -0.25) is 4.99 Å². The molecule has 0 aromatic carbocycles. The van der Waals surface area contributed by atoms with Crippen LogP contribution in [0.25, 0.3) is 0 Å². The number of nitrogens with zero attached hydrogens (tertiary/aromatic N) is 2. The van der Waals surface area contributed by atoms with E-state index in [4.69, 9.17) is 4.74 Å². The third-order valence-electron chi connectivity index (χ3n) is 2.48. The lowest BCUT2D eigenvalue weighted by Crippen LogP contribution is -2.47. The summed E-state index contributed by atoms with van der Waals surface area (Å²) in [6.07, 6.45) is 1.06. The monoisotopic (exact) mass is 272 g/mol. The van der Waals surface area contributed by atoms with Gasteiger partial charge in [-0.2, -0.15) is 0 Å².